The normalized spacial score (nSPS) is 14.8. The van der Waals surface area contributed by atoms with Crippen molar-refractivity contribution in [2.45, 2.75) is 32.9 Å². The highest BCUT2D eigenvalue weighted by Crippen LogP contribution is 2.35. The summed E-state index contributed by atoms with van der Waals surface area (Å²) in [6.45, 7) is 4.71. The summed E-state index contributed by atoms with van der Waals surface area (Å²) >= 11 is 6.22. The average molecular weight is 448 g/mol. The van der Waals surface area contributed by atoms with Gasteiger partial charge in [0, 0.05) is 30.2 Å². The maximum absolute atomic E-state index is 14.0. The number of hydrogen-bond donors (Lipinski definition) is 1. The van der Waals surface area contributed by atoms with Crippen molar-refractivity contribution in [1.29, 1.82) is 0 Å². The van der Waals surface area contributed by atoms with Crippen molar-refractivity contribution in [2.24, 2.45) is 0 Å². The van der Waals surface area contributed by atoms with Crippen LogP contribution in [0, 0.1) is 11.6 Å². The van der Waals surface area contributed by atoms with E-state index >= 15 is 0 Å². The summed E-state index contributed by atoms with van der Waals surface area (Å²) in [6.07, 6.45) is 2.24. The molecule has 6 nitrogen and oxygen atoms in total. The molecule has 0 bridgehead atoms. The van der Waals surface area contributed by atoms with Crippen LogP contribution in [0.2, 0.25) is 5.02 Å². The topological polar surface area (TPSA) is 65.4 Å². The minimum Gasteiger partial charge on any atom is -0.494 e. The molecule has 2 aromatic carbocycles. The van der Waals surface area contributed by atoms with Crippen LogP contribution in [0.4, 0.5) is 14.5 Å². The summed E-state index contributed by atoms with van der Waals surface area (Å²) in [7, 11) is 0. The third-order valence-corrected chi connectivity index (χ3v) is 5.27. The third kappa shape index (κ3) is 4.20. The van der Waals surface area contributed by atoms with Gasteiger partial charge in [0.2, 0.25) is 0 Å². The van der Waals surface area contributed by atoms with Crippen molar-refractivity contribution in [2.75, 3.05) is 11.9 Å². The molecule has 1 N–H and O–H groups in total. The predicted molar refractivity (Wildman–Crippen MR) is 113 cm³/mol. The largest absolute Gasteiger partial charge is 0.494 e. The Hall–Kier alpha value is -3.13. The van der Waals surface area contributed by atoms with Crippen molar-refractivity contribution >= 4 is 17.3 Å². The lowest BCUT2D eigenvalue weighted by Gasteiger charge is -2.15. The van der Waals surface area contributed by atoms with E-state index in [1.807, 2.05) is 26.0 Å². The number of nitrogens with zero attached hydrogens (tertiary/aromatic N) is 2. The number of aromatic nitrogens is 2. The van der Waals surface area contributed by atoms with Gasteiger partial charge in [0.15, 0.2) is 5.82 Å². The van der Waals surface area contributed by atoms with Gasteiger partial charge in [0.1, 0.15) is 34.1 Å². The van der Waals surface area contributed by atoms with Gasteiger partial charge in [-0.25, -0.2) is 8.78 Å². The summed E-state index contributed by atoms with van der Waals surface area (Å²) < 4.78 is 39.6. The van der Waals surface area contributed by atoms with Gasteiger partial charge in [0.05, 0.1) is 18.5 Å². The predicted octanol–water partition coefficient (Wildman–Crippen LogP) is 4.50. The maximum atomic E-state index is 14.0. The van der Waals surface area contributed by atoms with Crippen LogP contribution in [0.25, 0.3) is 5.69 Å². The van der Waals surface area contributed by atoms with Gasteiger partial charge < -0.3 is 14.8 Å². The Kier molecular flexibility index (Phi) is 5.82. The Morgan fingerprint density at radius 1 is 1.32 bits per heavy atom. The van der Waals surface area contributed by atoms with Crippen LogP contribution in [-0.2, 0) is 13.0 Å². The number of halogens is 3. The van der Waals surface area contributed by atoms with E-state index < -0.39 is 17.2 Å². The first-order valence-corrected chi connectivity index (χ1v) is 10.2. The fraction of sp³-hybridized carbons (Fsp3) is 0.273. The number of nitrogens with one attached hydrogen (secondary N) is 1. The van der Waals surface area contributed by atoms with E-state index in [0.29, 0.717) is 19.2 Å². The highest BCUT2D eigenvalue weighted by Gasteiger charge is 2.22. The standard InChI is InChI=1S/C22H20ClF2N3O3/c1-3-30-19-7-13-6-12(2)31-20(13)8-14(19)10-26-17-11-27-28(22(29)21(17)23)18-5-4-15(24)9-16(18)25/h4-5,7-9,11-12,26H,3,6,10H2,1-2H3/t12-/m1/s1. The lowest BCUT2D eigenvalue weighted by Crippen LogP contribution is -2.23. The van der Waals surface area contributed by atoms with Gasteiger partial charge in [-0.05, 0) is 38.1 Å². The molecule has 0 unspecified atom stereocenters. The van der Waals surface area contributed by atoms with Crippen LogP contribution in [0.3, 0.4) is 0 Å². The minimum absolute atomic E-state index is 0.103. The molecule has 9 heteroatoms. The lowest BCUT2D eigenvalue weighted by atomic mass is 10.1. The lowest BCUT2D eigenvalue weighted by molar-refractivity contribution is 0.254. The zero-order valence-electron chi connectivity index (χ0n) is 16.9. The van der Waals surface area contributed by atoms with Gasteiger partial charge in [-0.3, -0.25) is 4.79 Å². The van der Waals surface area contributed by atoms with E-state index in [-0.39, 0.29) is 22.5 Å². The molecule has 31 heavy (non-hydrogen) atoms. The van der Waals surface area contributed by atoms with Crippen LogP contribution in [0.5, 0.6) is 11.5 Å². The second-order valence-corrected chi connectivity index (χ2v) is 7.55. The van der Waals surface area contributed by atoms with Gasteiger partial charge in [-0.2, -0.15) is 9.78 Å². The molecule has 0 fully saturated rings. The Balaban J connectivity index is 1.60. The van der Waals surface area contributed by atoms with Crippen LogP contribution < -0.4 is 20.3 Å². The second kappa shape index (κ2) is 8.55. The molecule has 0 saturated carbocycles. The highest BCUT2D eigenvalue weighted by molar-refractivity contribution is 6.32. The average Bonchev–Trinajstić information content (AvgIpc) is 3.09. The Morgan fingerprint density at radius 3 is 2.87 bits per heavy atom. The molecular formula is C22H20ClF2N3O3. The fourth-order valence-corrected chi connectivity index (χ4v) is 3.68. The molecule has 0 radical (unpaired) electrons. The number of benzene rings is 2. The summed E-state index contributed by atoms with van der Waals surface area (Å²) in [4.78, 5) is 12.6. The van der Waals surface area contributed by atoms with E-state index in [1.54, 1.807) is 0 Å². The first-order chi connectivity index (χ1) is 14.9. The SMILES string of the molecule is CCOc1cc2c(cc1CNc1cnn(-c3ccc(F)cc3F)c(=O)c1Cl)O[C@H](C)C2. The molecule has 0 aliphatic carbocycles. The molecule has 162 valence electrons. The monoisotopic (exact) mass is 447 g/mol. The quantitative estimate of drug-likeness (QED) is 0.602. The first-order valence-electron chi connectivity index (χ1n) is 9.79. The van der Waals surface area contributed by atoms with Crippen molar-refractivity contribution in [1.82, 2.24) is 9.78 Å². The Labute approximate surface area is 182 Å². The molecule has 0 amide bonds. The Morgan fingerprint density at radius 2 is 2.13 bits per heavy atom. The molecule has 0 spiro atoms. The third-order valence-electron chi connectivity index (χ3n) is 4.91. The van der Waals surface area contributed by atoms with Crippen molar-refractivity contribution in [3.05, 3.63) is 74.7 Å². The van der Waals surface area contributed by atoms with Crippen molar-refractivity contribution in [3.8, 4) is 17.2 Å². The van der Waals surface area contributed by atoms with Crippen LogP contribution in [0.15, 0.2) is 41.3 Å². The van der Waals surface area contributed by atoms with Crippen molar-refractivity contribution < 1.29 is 18.3 Å². The minimum atomic E-state index is -0.917. The number of rotatable bonds is 6. The van der Waals surface area contributed by atoms with E-state index in [1.165, 1.54) is 6.20 Å². The molecular weight excluding hydrogens is 428 g/mol. The Bertz CT molecular complexity index is 1200. The molecule has 1 atom stereocenters. The van der Waals surface area contributed by atoms with E-state index in [2.05, 4.69) is 10.4 Å². The molecule has 1 aliphatic rings. The smallest absolute Gasteiger partial charge is 0.292 e. The molecule has 4 rings (SSSR count). The molecule has 1 aromatic heterocycles. The van der Waals surface area contributed by atoms with Crippen LogP contribution >= 0.6 is 11.6 Å². The van der Waals surface area contributed by atoms with Crippen molar-refractivity contribution in [3.63, 3.8) is 0 Å². The highest BCUT2D eigenvalue weighted by atomic mass is 35.5. The molecule has 0 saturated heterocycles. The summed E-state index contributed by atoms with van der Waals surface area (Å²) in [5.74, 6) is -0.145. The van der Waals surface area contributed by atoms with Gasteiger partial charge in [-0.1, -0.05) is 11.6 Å². The van der Waals surface area contributed by atoms with Crippen LogP contribution in [0.1, 0.15) is 25.0 Å². The van der Waals surface area contributed by atoms with Gasteiger partial charge in [0.25, 0.3) is 5.56 Å². The summed E-state index contributed by atoms with van der Waals surface area (Å²) in [6, 6.07) is 6.72. The summed E-state index contributed by atoms with van der Waals surface area (Å²) in [5.41, 5.74) is 1.28. The van der Waals surface area contributed by atoms with E-state index in [4.69, 9.17) is 21.1 Å². The van der Waals surface area contributed by atoms with Gasteiger partial charge in [-0.15, -0.1) is 0 Å². The number of ether oxygens (including phenoxy) is 2. The number of hydrogen-bond acceptors (Lipinski definition) is 5. The maximum Gasteiger partial charge on any atom is 0.292 e. The number of anilines is 1. The van der Waals surface area contributed by atoms with E-state index in [0.717, 1.165) is 45.9 Å². The molecule has 3 aromatic rings. The molecule has 2 heterocycles. The van der Waals surface area contributed by atoms with Crippen LogP contribution in [-0.4, -0.2) is 22.5 Å². The second-order valence-electron chi connectivity index (χ2n) is 7.17. The van der Waals surface area contributed by atoms with Gasteiger partial charge >= 0.3 is 0 Å². The molecule has 1 aliphatic heterocycles. The first kappa shape index (κ1) is 21.1. The van der Waals surface area contributed by atoms with E-state index in [9.17, 15) is 13.6 Å². The summed E-state index contributed by atoms with van der Waals surface area (Å²) in [5, 5.41) is 6.89. The number of fused-ring (bicyclic) bond motifs is 1. The zero-order chi connectivity index (χ0) is 22.1. The zero-order valence-corrected chi connectivity index (χ0v) is 17.7. The fourth-order valence-electron chi connectivity index (χ4n) is 3.48.